The second-order valence-electron chi connectivity index (χ2n) is 3.08. The van der Waals surface area contributed by atoms with Gasteiger partial charge in [0.1, 0.15) is 0 Å². The smallest absolute Gasteiger partial charge is 0.371 e. The number of hydrogen-bond acceptors (Lipinski definition) is 3. The van der Waals surface area contributed by atoms with Crippen LogP contribution < -0.4 is 0 Å². The van der Waals surface area contributed by atoms with E-state index in [0.717, 1.165) is 18.2 Å². The van der Waals surface area contributed by atoms with Crippen molar-refractivity contribution in [3.63, 3.8) is 0 Å². The lowest BCUT2D eigenvalue weighted by atomic mass is 10.1. The van der Waals surface area contributed by atoms with Crippen LogP contribution in [0.5, 0.6) is 5.75 Å². The Labute approximate surface area is 95.8 Å². The Kier molecular flexibility index (Phi) is 4.03. The fourth-order valence-corrected chi connectivity index (χ4v) is 1.14. The molecule has 6 heteroatoms. The average Bonchev–Trinajstić information content (AvgIpc) is 2.25. The quantitative estimate of drug-likeness (QED) is 0.629. The predicted octanol–water partition coefficient (Wildman–Crippen LogP) is 2.13. The number of aliphatic carboxylic acids is 1. The zero-order valence-corrected chi connectivity index (χ0v) is 8.91. The molecule has 0 spiro atoms. The van der Waals surface area contributed by atoms with Crippen molar-refractivity contribution in [2.75, 3.05) is 6.61 Å². The normalized spacial score (nSPS) is 11.4. The Balaban J connectivity index is 3.16. The summed E-state index contributed by atoms with van der Waals surface area (Å²) in [5.74, 6) is -5.22. The highest BCUT2D eigenvalue weighted by Gasteiger charge is 2.12. The van der Waals surface area contributed by atoms with Crippen molar-refractivity contribution in [3.05, 3.63) is 35.1 Å². The van der Waals surface area contributed by atoms with E-state index in [9.17, 15) is 13.6 Å². The SMILES string of the molecule is CCOC(=Cc1cc(F)c(O)c(F)c1)C(=O)O. The van der Waals surface area contributed by atoms with Crippen LogP contribution in [0, 0.1) is 11.6 Å². The molecule has 1 rings (SSSR count). The van der Waals surface area contributed by atoms with Crippen molar-refractivity contribution >= 4 is 12.0 Å². The predicted molar refractivity (Wildman–Crippen MR) is 55.3 cm³/mol. The number of carboxylic acids is 1. The molecule has 0 heterocycles. The molecule has 0 aromatic heterocycles. The van der Waals surface area contributed by atoms with Gasteiger partial charge in [0.2, 0.25) is 5.76 Å². The van der Waals surface area contributed by atoms with Gasteiger partial charge in [-0.3, -0.25) is 0 Å². The average molecular weight is 244 g/mol. The fraction of sp³-hybridized carbons (Fsp3) is 0.182. The number of ether oxygens (including phenoxy) is 1. The molecule has 0 radical (unpaired) electrons. The molecule has 1 aromatic rings. The van der Waals surface area contributed by atoms with Crippen molar-refractivity contribution in [3.8, 4) is 5.75 Å². The molecule has 0 amide bonds. The molecule has 1 aromatic carbocycles. The van der Waals surface area contributed by atoms with Crippen LogP contribution in [0.4, 0.5) is 8.78 Å². The minimum Gasteiger partial charge on any atom is -0.503 e. The largest absolute Gasteiger partial charge is 0.503 e. The Morgan fingerprint density at radius 1 is 1.41 bits per heavy atom. The first-order valence-corrected chi connectivity index (χ1v) is 4.71. The number of benzene rings is 1. The lowest BCUT2D eigenvalue weighted by molar-refractivity contribution is -0.136. The lowest BCUT2D eigenvalue weighted by Gasteiger charge is -2.04. The first-order chi connectivity index (χ1) is 7.95. The number of rotatable bonds is 4. The van der Waals surface area contributed by atoms with Gasteiger partial charge < -0.3 is 14.9 Å². The van der Waals surface area contributed by atoms with Crippen LogP contribution in [0.15, 0.2) is 17.9 Å². The number of aromatic hydroxyl groups is 1. The standard InChI is InChI=1S/C11H10F2O4/c1-2-17-9(11(15)16)5-6-3-7(12)10(14)8(13)4-6/h3-5,14H,2H2,1H3,(H,15,16). The molecular formula is C11H10F2O4. The topological polar surface area (TPSA) is 66.8 Å². The lowest BCUT2D eigenvalue weighted by Crippen LogP contribution is -2.04. The first kappa shape index (κ1) is 13.0. The summed E-state index contributed by atoms with van der Waals surface area (Å²) in [7, 11) is 0. The van der Waals surface area contributed by atoms with Gasteiger partial charge in [-0.2, -0.15) is 0 Å². The zero-order valence-electron chi connectivity index (χ0n) is 8.91. The molecule has 0 aliphatic heterocycles. The molecule has 0 aliphatic rings. The minimum absolute atomic E-state index is 0.0522. The minimum atomic E-state index is -1.35. The number of hydrogen-bond donors (Lipinski definition) is 2. The summed E-state index contributed by atoms with van der Waals surface area (Å²) in [6.07, 6.45) is 0.970. The van der Waals surface area contributed by atoms with Crippen LogP contribution >= 0.6 is 0 Å². The second-order valence-corrected chi connectivity index (χ2v) is 3.08. The Morgan fingerprint density at radius 3 is 2.35 bits per heavy atom. The highest BCUT2D eigenvalue weighted by Crippen LogP contribution is 2.22. The highest BCUT2D eigenvalue weighted by atomic mass is 19.1. The maximum absolute atomic E-state index is 13.0. The van der Waals surface area contributed by atoms with Crippen LogP contribution in [-0.2, 0) is 9.53 Å². The molecular weight excluding hydrogens is 234 g/mol. The van der Waals surface area contributed by atoms with E-state index in [1.807, 2.05) is 0 Å². The highest BCUT2D eigenvalue weighted by molar-refractivity contribution is 5.89. The van der Waals surface area contributed by atoms with Gasteiger partial charge in [0.05, 0.1) is 6.61 Å². The summed E-state index contributed by atoms with van der Waals surface area (Å²) in [4.78, 5) is 10.7. The summed E-state index contributed by atoms with van der Waals surface area (Å²) < 4.78 is 30.7. The molecule has 4 nitrogen and oxygen atoms in total. The van der Waals surface area contributed by atoms with E-state index in [-0.39, 0.29) is 12.2 Å². The monoisotopic (exact) mass is 244 g/mol. The van der Waals surface area contributed by atoms with E-state index < -0.39 is 29.1 Å². The van der Waals surface area contributed by atoms with Crippen molar-refractivity contribution in [2.45, 2.75) is 6.92 Å². The van der Waals surface area contributed by atoms with Gasteiger partial charge in [0.15, 0.2) is 17.4 Å². The Morgan fingerprint density at radius 2 is 1.94 bits per heavy atom. The summed E-state index contributed by atoms with van der Waals surface area (Å²) in [5, 5.41) is 17.6. The number of phenols is 1. The summed E-state index contributed by atoms with van der Waals surface area (Å²) in [5.41, 5.74) is -0.0522. The van der Waals surface area contributed by atoms with Gasteiger partial charge in [-0.15, -0.1) is 0 Å². The molecule has 2 N–H and O–H groups in total. The van der Waals surface area contributed by atoms with Crippen LogP contribution in [0.1, 0.15) is 12.5 Å². The van der Waals surface area contributed by atoms with Crippen LogP contribution in [0.2, 0.25) is 0 Å². The molecule has 0 bridgehead atoms. The zero-order chi connectivity index (χ0) is 13.0. The van der Waals surface area contributed by atoms with Crippen molar-refractivity contribution in [1.29, 1.82) is 0 Å². The van der Waals surface area contributed by atoms with Crippen LogP contribution in [0.25, 0.3) is 6.08 Å². The van der Waals surface area contributed by atoms with Gasteiger partial charge in [0.25, 0.3) is 0 Å². The van der Waals surface area contributed by atoms with Gasteiger partial charge >= 0.3 is 5.97 Å². The maximum Gasteiger partial charge on any atom is 0.371 e. The third-order valence-corrected chi connectivity index (χ3v) is 1.85. The number of carboxylic acid groups (broad SMARTS) is 1. The van der Waals surface area contributed by atoms with Crippen molar-refractivity contribution in [1.82, 2.24) is 0 Å². The summed E-state index contributed by atoms with van der Waals surface area (Å²) in [6, 6.07) is 1.61. The molecule has 0 atom stereocenters. The van der Waals surface area contributed by atoms with Gasteiger partial charge in [0, 0.05) is 0 Å². The summed E-state index contributed by atoms with van der Waals surface area (Å²) >= 11 is 0. The van der Waals surface area contributed by atoms with E-state index >= 15 is 0 Å². The third kappa shape index (κ3) is 3.17. The number of halogens is 2. The molecule has 17 heavy (non-hydrogen) atoms. The van der Waals surface area contributed by atoms with E-state index in [1.165, 1.54) is 0 Å². The van der Waals surface area contributed by atoms with Crippen LogP contribution in [0.3, 0.4) is 0 Å². The van der Waals surface area contributed by atoms with Crippen LogP contribution in [-0.4, -0.2) is 22.8 Å². The molecule has 0 aliphatic carbocycles. The molecule has 0 fully saturated rings. The van der Waals surface area contributed by atoms with E-state index in [2.05, 4.69) is 0 Å². The van der Waals surface area contributed by atoms with E-state index in [0.29, 0.717) is 0 Å². The number of phenolic OH excluding ortho intramolecular Hbond substituents is 1. The number of carbonyl (C=O) groups is 1. The van der Waals surface area contributed by atoms with E-state index in [4.69, 9.17) is 14.9 Å². The summed E-state index contributed by atoms with van der Waals surface area (Å²) in [6.45, 7) is 1.69. The Hall–Kier alpha value is -2.11. The fourth-order valence-electron chi connectivity index (χ4n) is 1.14. The van der Waals surface area contributed by atoms with Crippen molar-refractivity contribution in [2.24, 2.45) is 0 Å². The second kappa shape index (κ2) is 5.29. The van der Waals surface area contributed by atoms with E-state index in [1.54, 1.807) is 6.92 Å². The molecule has 0 unspecified atom stereocenters. The van der Waals surface area contributed by atoms with Gasteiger partial charge in [-0.25, -0.2) is 13.6 Å². The van der Waals surface area contributed by atoms with Crippen molar-refractivity contribution < 1.29 is 28.5 Å². The van der Waals surface area contributed by atoms with Gasteiger partial charge in [-0.1, -0.05) is 0 Å². The Bertz CT molecular complexity index is 446. The molecule has 0 saturated heterocycles. The maximum atomic E-state index is 13.0. The van der Waals surface area contributed by atoms with Gasteiger partial charge in [-0.05, 0) is 30.7 Å². The molecule has 92 valence electrons. The first-order valence-electron chi connectivity index (χ1n) is 4.71. The third-order valence-electron chi connectivity index (χ3n) is 1.85. The molecule has 0 saturated carbocycles.